The van der Waals surface area contributed by atoms with Gasteiger partial charge in [-0.1, -0.05) is 13.0 Å². The molecule has 2 heterocycles. The SMILES string of the molecule is CC[C@@H]1Oc2cc([C@H](C)NCCc3csc(C)n3)ccc2NC1=O. The van der Waals surface area contributed by atoms with Gasteiger partial charge in [0, 0.05) is 24.4 Å². The number of fused-ring (bicyclic) bond motifs is 1. The van der Waals surface area contributed by atoms with E-state index in [0.717, 1.165) is 40.7 Å². The third-order valence-electron chi connectivity index (χ3n) is 4.19. The Kier molecular flexibility index (Phi) is 5.16. The van der Waals surface area contributed by atoms with Gasteiger partial charge in [0.1, 0.15) is 5.75 Å². The van der Waals surface area contributed by atoms with E-state index in [-0.39, 0.29) is 11.9 Å². The van der Waals surface area contributed by atoms with Crippen LogP contribution in [0.2, 0.25) is 0 Å². The number of carbonyl (C=O) groups excluding carboxylic acids is 1. The lowest BCUT2D eigenvalue weighted by molar-refractivity contribution is -0.123. The van der Waals surface area contributed by atoms with Gasteiger partial charge in [-0.2, -0.15) is 0 Å². The molecular formula is C18H23N3O2S. The highest BCUT2D eigenvalue weighted by Gasteiger charge is 2.26. The maximum Gasteiger partial charge on any atom is 0.265 e. The fourth-order valence-electron chi connectivity index (χ4n) is 2.76. The summed E-state index contributed by atoms with van der Waals surface area (Å²) in [6.07, 6.45) is 1.18. The molecule has 0 aliphatic carbocycles. The molecule has 3 rings (SSSR count). The fourth-order valence-corrected chi connectivity index (χ4v) is 3.40. The Hall–Kier alpha value is -1.92. The summed E-state index contributed by atoms with van der Waals surface area (Å²) in [4.78, 5) is 16.3. The number of ether oxygens (including phenoxy) is 1. The van der Waals surface area contributed by atoms with Gasteiger partial charge in [-0.05, 0) is 38.0 Å². The van der Waals surface area contributed by atoms with Crippen LogP contribution in [0.1, 0.15) is 42.6 Å². The minimum atomic E-state index is -0.399. The van der Waals surface area contributed by atoms with E-state index in [2.05, 4.69) is 27.9 Å². The van der Waals surface area contributed by atoms with Crippen molar-refractivity contribution in [2.45, 2.75) is 45.8 Å². The van der Waals surface area contributed by atoms with Gasteiger partial charge in [0.2, 0.25) is 0 Å². The normalized spacial score (nSPS) is 17.8. The van der Waals surface area contributed by atoms with Crippen LogP contribution in [0.25, 0.3) is 0 Å². The molecule has 5 nitrogen and oxygen atoms in total. The number of benzene rings is 1. The highest BCUT2D eigenvalue weighted by atomic mass is 32.1. The molecule has 1 aliphatic rings. The van der Waals surface area contributed by atoms with Gasteiger partial charge < -0.3 is 15.4 Å². The van der Waals surface area contributed by atoms with Crippen molar-refractivity contribution in [1.82, 2.24) is 10.3 Å². The van der Waals surface area contributed by atoms with Crippen molar-refractivity contribution in [3.63, 3.8) is 0 Å². The van der Waals surface area contributed by atoms with Gasteiger partial charge in [0.15, 0.2) is 6.10 Å². The van der Waals surface area contributed by atoms with E-state index in [1.807, 2.05) is 32.0 Å². The molecule has 0 bridgehead atoms. The first kappa shape index (κ1) is 16.9. The van der Waals surface area contributed by atoms with Crippen LogP contribution in [0.4, 0.5) is 5.69 Å². The smallest absolute Gasteiger partial charge is 0.265 e. The first-order chi connectivity index (χ1) is 11.6. The maximum absolute atomic E-state index is 11.8. The number of aromatic nitrogens is 1. The summed E-state index contributed by atoms with van der Waals surface area (Å²) in [6.45, 7) is 6.98. The van der Waals surface area contributed by atoms with Gasteiger partial charge in [0.25, 0.3) is 5.91 Å². The predicted octanol–water partition coefficient (Wildman–Crippen LogP) is 3.45. The Morgan fingerprint density at radius 2 is 2.29 bits per heavy atom. The van der Waals surface area contributed by atoms with Crippen LogP contribution in [-0.4, -0.2) is 23.5 Å². The first-order valence-corrected chi connectivity index (χ1v) is 9.20. The Labute approximate surface area is 146 Å². The molecule has 1 aromatic heterocycles. The average Bonchev–Trinajstić information content (AvgIpc) is 2.99. The Morgan fingerprint density at radius 3 is 3.00 bits per heavy atom. The van der Waals surface area contributed by atoms with Gasteiger partial charge in [-0.3, -0.25) is 4.79 Å². The van der Waals surface area contributed by atoms with E-state index in [9.17, 15) is 4.79 Å². The van der Waals surface area contributed by atoms with Crippen LogP contribution in [0, 0.1) is 6.92 Å². The van der Waals surface area contributed by atoms with Crippen LogP contribution in [0.5, 0.6) is 5.75 Å². The van der Waals surface area contributed by atoms with Crippen LogP contribution in [-0.2, 0) is 11.2 Å². The molecule has 0 saturated heterocycles. The molecule has 1 amide bonds. The van der Waals surface area contributed by atoms with Crippen molar-refractivity contribution in [1.29, 1.82) is 0 Å². The van der Waals surface area contributed by atoms with E-state index in [1.165, 1.54) is 0 Å². The monoisotopic (exact) mass is 345 g/mol. The second-order valence-electron chi connectivity index (χ2n) is 6.04. The third kappa shape index (κ3) is 3.76. The molecule has 1 aromatic carbocycles. The van der Waals surface area contributed by atoms with Crippen LogP contribution >= 0.6 is 11.3 Å². The molecule has 24 heavy (non-hydrogen) atoms. The lowest BCUT2D eigenvalue weighted by Crippen LogP contribution is -2.36. The summed E-state index contributed by atoms with van der Waals surface area (Å²) in [6, 6.07) is 6.16. The van der Waals surface area contributed by atoms with Gasteiger partial charge in [0.05, 0.1) is 16.4 Å². The molecular weight excluding hydrogens is 322 g/mol. The largest absolute Gasteiger partial charge is 0.478 e. The lowest BCUT2D eigenvalue weighted by Gasteiger charge is -2.26. The van der Waals surface area contributed by atoms with Crippen LogP contribution in [0.3, 0.4) is 0 Å². The number of hydrogen-bond donors (Lipinski definition) is 2. The number of aryl methyl sites for hydroxylation is 1. The molecule has 1 aliphatic heterocycles. The van der Waals surface area contributed by atoms with Crippen molar-refractivity contribution < 1.29 is 9.53 Å². The fraction of sp³-hybridized carbons (Fsp3) is 0.444. The Bertz CT molecular complexity index is 729. The quantitative estimate of drug-likeness (QED) is 0.842. The van der Waals surface area contributed by atoms with E-state index in [4.69, 9.17) is 4.74 Å². The Balaban J connectivity index is 1.61. The summed E-state index contributed by atoms with van der Waals surface area (Å²) in [5.41, 5.74) is 3.03. The number of anilines is 1. The molecule has 6 heteroatoms. The highest BCUT2D eigenvalue weighted by Crippen LogP contribution is 2.32. The number of amides is 1. The van der Waals surface area contributed by atoms with E-state index < -0.39 is 6.10 Å². The summed E-state index contributed by atoms with van der Waals surface area (Å²) < 4.78 is 5.81. The zero-order valence-electron chi connectivity index (χ0n) is 14.3. The number of nitrogens with one attached hydrogen (secondary N) is 2. The zero-order valence-corrected chi connectivity index (χ0v) is 15.1. The second kappa shape index (κ2) is 7.32. The standard InChI is InChI=1S/C18H23N3O2S/c1-4-16-18(22)21-15-6-5-13(9-17(15)23-16)11(2)19-8-7-14-10-24-12(3)20-14/h5-6,9-11,16,19H,4,7-8H2,1-3H3,(H,21,22)/t11-,16-/m0/s1. The van der Waals surface area contributed by atoms with Crippen molar-refractivity contribution in [2.24, 2.45) is 0 Å². The third-order valence-corrected chi connectivity index (χ3v) is 5.02. The topological polar surface area (TPSA) is 63.2 Å². The molecule has 0 saturated carbocycles. The minimum absolute atomic E-state index is 0.0671. The average molecular weight is 345 g/mol. The van der Waals surface area contributed by atoms with E-state index in [0.29, 0.717) is 6.42 Å². The van der Waals surface area contributed by atoms with Crippen molar-refractivity contribution >= 4 is 22.9 Å². The molecule has 2 atom stereocenters. The molecule has 128 valence electrons. The maximum atomic E-state index is 11.8. The van der Waals surface area contributed by atoms with Crippen molar-refractivity contribution in [3.05, 3.63) is 39.8 Å². The summed E-state index contributed by atoms with van der Waals surface area (Å²) in [5, 5.41) is 9.64. The number of rotatable bonds is 6. The number of thiazole rings is 1. The highest BCUT2D eigenvalue weighted by molar-refractivity contribution is 7.09. The number of hydrogen-bond acceptors (Lipinski definition) is 5. The number of carbonyl (C=O) groups is 1. The molecule has 0 unspecified atom stereocenters. The predicted molar refractivity (Wildman–Crippen MR) is 96.8 cm³/mol. The number of nitrogens with zero attached hydrogens (tertiary/aromatic N) is 1. The van der Waals surface area contributed by atoms with Crippen LogP contribution in [0.15, 0.2) is 23.6 Å². The minimum Gasteiger partial charge on any atom is -0.478 e. The molecule has 2 N–H and O–H groups in total. The Morgan fingerprint density at radius 1 is 1.46 bits per heavy atom. The summed E-state index contributed by atoms with van der Waals surface area (Å²) in [5.74, 6) is 0.685. The zero-order chi connectivity index (χ0) is 17.1. The van der Waals surface area contributed by atoms with E-state index in [1.54, 1.807) is 11.3 Å². The molecule has 2 aromatic rings. The summed E-state index contributed by atoms with van der Waals surface area (Å²) >= 11 is 1.69. The van der Waals surface area contributed by atoms with Gasteiger partial charge in [-0.15, -0.1) is 11.3 Å². The summed E-state index contributed by atoms with van der Waals surface area (Å²) in [7, 11) is 0. The molecule has 0 spiro atoms. The van der Waals surface area contributed by atoms with Crippen molar-refractivity contribution in [3.8, 4) is 5.75 Å². The first-order valence-electron chi connectivity index (χ1n) is 8.32. The van der Waals surface area contributed by atoms with E-state index >= 15 is 0 Å². The van der Waals surface area contributed by atoms with Crippen molar-refractivity contribution in [2.75, 3.05) is 11.9 Å². The van der Waals surface area contributed by atoms with Gasteiger partial charge >= 0.3 is 0 Å². The van der Waals surface area contributed by atoms with Gasteiger partial charge in [-0.25, -0.2) is 4.98 Å². The molecule has 0 fully saturated rings. The van der Waals surface area contributed by atoms with Crippen LogP contribution < -0.4 is 15.4 Å². The molecule has 0 radical (unpaired) electrons. The lowest BCUT2D eigenvalue weighted by atomic mass is 10.1. The second-order valence-corrected chi connectivity index (χ2v) is 7.11.